The zero-order valence-corrected chi connectivity index (χ0v) is 14.5. The number of halogens is 1. The summed E-state index contributed by atoms with van der Waals surface area (Å²) in [4.78, 5) is 7.98. The van der Waals surface area contributed by atoms with E-state index in [9.17, 15) is 0 Å². The Balaban J connectivity index is 2.23. The van der Waals surface area contributed by atoms with Gasteiger partial charge in [0.05, 0.1) is 10.7 Å². The van der Waals surface area contributed by atoms with Gasteiger partial charge < -0.3 is 0 Å². The number of nitrogens with zero attached hydrogens (tertiary/aromatic N) is 3. The van der Waals surface area contributed by atoms with Gasteiger partial charge in [0.1, 0.15) is 0 Å². The fourth-order valence-corrected chi connectivity index (χ4v) is 3.31. The van der Waals surface area contributed by atoms with Gasteiger partial charge in [-0.2, -0.15) is 5.26 Å². The average molecular weight is 348 g/mol. The highest BCUT2D eigenvalue weighted by atomic mass is 35.5. The highest BCUT2D eigenvalue weighted by molar-refractivity contribution is 8.13. The maximum Gasteiger partial charge on any atom is 0.185 e. The summed E-state index contributed by atoms with van der Waals surface area (Å²) in [7, 11) is 1.68. The normalized spacial score (nSPS) is 11.1. The van der Waals surface area contributed by atoms with Crippen molar-refractivity contribution >= 4 is 46.0 Å². The summed E-state index contributed by atoms with van der Waals surface area (Å²) in [6.07, 6.45) is 3.92. The molecular formula is C16H14ClN3S2. The van der Waals surface area contributed by atoms with E-state index < -0.39 is 0 Å². The molecule has 0 aliphatic carbocycles. The number of hydrogen-bond acceptors (Lipinski definition) is 4. The first kappa shape index (κ1) is 16.8. The van der Waals surface area contributed by atoms with Crippen molar-refractivity contribution in [2.24, 2.45) is 4.99 Å². The van der Waals surface area contributed by atoms with Crippen molar-refractivity contribution in [3.05, 3.63) is 53.6 Å². The van der Waals surface area contributed by atoms with Gasteiger partial charge in [0.2, 0.25) is 0 Å². The van der Waals surface area contributed by atoms with Gasteiger partial charge in [0.15, 0.2) is 11.4 Å². The molecule has 3 nitrogen and oxygen atoms in total. The van der Waals surface area contributed by atoms with Crippen LogP contribution < -0.4 is 0 Å². The lowest BCUT2D eigenvalue weighted by atomic mass is 10.3. The monoisotopic (exact) mass is 347 g/mol. The number of nitriles is 1. The maximum atomic E-state index is 8.93. The number of amidine groups is 1. The Kier molecular flexibility index (Phi) is 6.20. The van der Waals surface area contributed by atoms with E-state index in [1.54, 1.807) is 18.8 Å². The molecule has 0 aromatic heterocycles. The van der Waals surface area contributed by atoms with E-state index >= 15 is 0 Å². The van der Waals surface area contributed by atoms with Gasteiger partial charge in [-0.3, -0.25) is 4.90 Å². The van der Waals surface area contributed by atoms with Crippen molar-refractivity contribution in [2.45, 2.75) is 9.79 Å². The highest BCUT2D eigenvalue weighted by Crippen LogP contribution is 2.35. The molecule has 0 aliphatic heterocycles. The molecule has 0 heterocycles. The van der Waals surface area contributed by atoms with Crippen LogP contribution in [0.1, 0.15) is 0 Å². The fraction of sp³-hybridized carbons (Fsp3) is 0.125. The van der Waals surface area contributed by atoms with Crippen molar-refractivity contribution in [3.63, 3.8) is 0 Å². The topological polar surface area (TPSA) is 39.4 Å². The first-order chi connectivity index (χ1) is 10.6. The van der Waals surface area contributed by atoms with Crippen molar-refractivity contribution < 1.29 is 0 Å². The average Bonchev–Trinajstić information content (AvgIpc) is 2.55. The van der Waals surface area contributed by atoms with Crippen molar-refractivity contribution in [1.29, 1.82) is 5.26 Å². The second-order valence-corrected chi connectivity index (χ2v) is 6.58. The molecule has 0 aliphatic rings. The van der Waals surface area contributed by atoms with Gasteiger partial charge in [0.25, 0.3) is 0 Å². The molecule has 0 fully saturated rings. The second kappa shape index (κ2) is 8.14. The molecule has 2 aromatic carbocycles. The van der Waals surface area contributed by atoms with Gasteiger partial charge in [-0.25, -0.2) is 4.99 Å². The predicted octanol–water partition coefficient (Wildman–Crippen LogP) is 5.25. The van der Waals surface area contributed by atoms with E-state index in [0.29, 0.717) is 10.2 Å². The summed E-state index contributed by atoms with van der Waals surface area (Å²) in [5.41, 5.74) is 0.730. The first-order valence-corrected chi connectivity index (χ1v) is 8.84. The summed E-state index contributed by atoms with van der Waals surface area (Å²) in [5, 5.41) is 10.2. The van der Waals surface area contributed by atoms with Crippen LogP contribution >= 0.6 is 35.1 Å². The predicted molar refractivity (Wildman–Crippen MR) is 96.0 cm³/mol. The quantitative estimate of drug-likeness (QED) is 0.329. The van der Waals surface area contributed by atoms with Crippen LogP contribution in [0.2, 0.25) is 5.02 Å². The Hall–Kier alpha value is -1.61. The summed E-state index contributed by atoms with van der Waals surface area (Å²) in [5.74, 6) is 0. The van der Waals surface area contributed by atoms with Gasteiger partial charge in [-0.15, -0.1) is 0 Å². The largest absolute Gasteiger partial charge is 0.261 e. The molecule has 0 saturated heterocycles. The Morgan fingerprint density at radius 2 is 1.95 bits per heavy atom. The van der Waals surface area contributed by atoms with Crippen LogP contribution in [-0.2, 0) is 0 Å². The molecule has 0 radical (unpaired) electrons. The molecule has 112 valence electrons. The molecule has 2 aromatic rings. The van der Waals surface area contributed by atoms with E-state index in [1.165, 1.54) is 16.7 Å². The van der Waals surface area contributed by atoms with Crippen LogP contribution in [0.5, 0.6) is 0 Å². The zero-order chi connectivity index (χ0) is 15.9. The molecule has 0 N–H and O–H groups in total. The molecule has 0 amide bonds. The molecule has 0 unspecified atom stereocenters. The van der Waals surface area contributed by atoms with E-state index in [2.05, 4.69) is 4.99 Å². The van der Waals surface area contributed by atoms with E-state index in [0.717, 1.165) is 15.5 Å². The minimum Gasteiger partial charge on any atom is -0.261 e. The summed E-state index contributed by atoms with van der Waals surface area (Å²) < 4.78 is 0. The zero-order valence-electron chi connectivity index (χ0n) is 12.2. The van der Waals surface area contributed by atoms with Crippen LogP contribution in [0.15, 0.2) is 63.3 Å². The van der Waals surface area contributed by atoms with E-state index in [1.807, 2.05) is 61.0 Å². The van der Waals surface area contributed by atoms with E-state index in [4.69, 9.17) is 16.9 Å². The van der Waals surface area contributed by atoms with Gasteiger partial charge in [-0.05, 0) is 36.6 Å². The van der Waals surface area contributed by atoms with Crippen LogP contribution in [-0.4, -0.2) is 23.4 Å². The Labute approximate surface area is 144 Å². The number of benzene rings is 2. The van der Waals surface area contributed by atoms with Crippen LogP contribution in [0.3, 0.4) is 0 Å². The van der Waals surface area contributed by atoms with Crippen molar-refractivity contribution in [1.82, 2.24) is 4.90 Å². The lowest BCUT2D eigenvalue weighted by Crippen LogP contribution is -2.17. The van der Waals surface area contributed by atoms with E-state index in [-0.39, 0.29) is 0 Å². The SMILES string of the molecule is CS/C(=N\c1ccc(Sc2ccccc2)c(Cl)c1)N(C)C#N. The highest BCUT2D eigenvalue weighted by Gasteiger charge is 2.07. The third-order valence-corrected chi connectivity index (χ3v) is 4.97. The van der Waals surface area contributed by atoms with Crippen molar-refractivity contribution in [2.75, 3.05) is 13.3 Å². The standard InChI is InChI=1S/C16H14ClN3S2/c1-20(11-18)16(21-2)19-12-8-9-15(14(17)10-12)22-13-6-4-3-5-7-13/h3-10H,1-2H3/b19-16-. The summed E-state index contributed by atoms with van der Waals surface area (Å²) in [6, 6.07) is 15.7. The lowest BCUT2D eigenvalue weighted by Gasteiger charge is -2.10. The minimum absolute atomic E-state index is 0.627. The van der Waals surface area contributed by atoms with Gasteiger partial charge in [-0.1, -0.05) is 53.3 Å². The van der Waals surface area contributed by atoms with Gasteiger partial charge in [0, 0.05) is 16.8 Å². The third-order valence-electron chi connectivity index (χ3n) is 2.73. The Morgan fingerprint density at radius 3 is 2.55 bits per heavy atom. The number of aliphatic imine (C=N–C) groups is 1. The molecule has 0 atom stereocenters. The second-order valence-electron chi connectivity index (χ2n) is 4.29. The molecule has 0 saturated carbocycles. The molecule has 0 spiro atoms. The third kappa shape index (κ3) is 4.44. The maximum absolute atomic E-state index is 8.93. The van der Waals surface area contributed by atoms with Crippen LogP contribution in [0.4, 0.5) is 5.69 Å². The lowest BCUT2D eigenvalue weighted by molar-refractivity contribution is 0.726. The van der Waals surface area contributed by atoms with Crippen molar-refractivity contribution in [3.8, 4) is 6.19 Å². The molecule has 2 rings (SSSR count). The molecule has 6 heteroatoms. The molecule has 22 heavy (non-hydrogen) atoms. The van der Waals surface area contributed by atoms with Crippen LogP contribution in [0, 0.1) is 11.5 Å². The smallest absolute Gasteiger partial charge is 0.185 e. The molecule has 0 bridgehead atoms. The Bertz CT molecular complexity index is 711. The fourth-order valence-electron chi connectivity index (χ4n) is 1.67. The number of thioether (sulfide) groups is 1. The Morgan fingerprint density at radius 1 is 1.23 bits per heavy atom. The summed E-state index contributed by atoms with van der Waals surface area (Å²) in [6.45, 7) is 0. The number of rotatable bonds is 3. The van der Waals surface area contributed by atoms with Crippen LogP contribution in [0.25, 0.3) is 0 Å². The number of hydrogen-bond donors (Lipinski definition) is 0. The van der Waals surface area contributed by atoms with Gasteiger partial charge >= 0.3 is 0 Å². The summed E-state index contributed by atoms with van der Waals surface area (Å²) >= 11 is 9.37. The molecular weight excluding hydrogens is 334 g/mol. The first-order valence-electron chi connectivity index (χ1n) is 6.42. The minimum atomic E-state index is 0.627.